The van der Waals surface area contributed by atoms with Crippen molar-refractivity contribution in [3.05, 3.63) is 27.0 Å². The van der Waals surface area contributed by atoms with Gasteiger partial charge < -0.3 is 10.1 Å². The lowest BCUT2D eigenvalue weighted by Gasteiger charge is -2.21. The predicted molar refractivity (Wildman–Crippen MR) is 68.5 cm³/mol. The first-order valence-electron chi connectivity index (χ1n) is 5.85. The van der Waals surface area contributed by atoms with Crippen LogP contribution in [0.15, 0.2) is 16.9 Å². The normalized spacial score (nSPS) is 29.5. The molecule has 2 aliphatic heterocycles. The van der Waals surface area contributed by atoms with Crippen LogP contribution < -0.4 is 5.32 Å². The molecule has 0 aliphatic carbocycles. The zero-order chi connectivity index (χ0) is 12.7. The maximum Gasteiger partial charge on any atom is 0.311 e. The summed E-state index contributed by atoms with van der Waals surface area (Å²) < 4.78 is 6.34. The van der Waals surface area contributed by atoms with Crippen LogP contribution in [-0.2, 0) is 4.74 Å². The van der Waals surface area contributed by atoms with Crippen LogP contribution in [0.1, 0.15) is 19.3 Å². The van der Waals surface area contributed by atoms with E-state index in [4.69, 9.17) is 4.74 Å². The minimum Gasteiger partial charge on any atom is -0.373 e. The van der Waals surface area contributed by atoms with E-state index in [-0.39, 0.29) is 17.8 Å². The van der Waals surface area contributed by atoms with Crippen molar-refractivity contribution in [2.45, 2.75) is 37.5 Å². The number of hydrogen-bond donors (Lipinski definition) is 1. The van der Waals surface area contributed by atoms with E-state index in [1.165, 1.54) is 6.20 Å². The lowest BCUT2D eigenvalue weighted by Crippen LogP contribution is -2.30. The molecule has 7 heteroatoms. The van der Waals surface area contributed by atoms with Gasteiger partial charge in [0.25, 0.3) is 0 Å². The molecule has 0 amide bonds. The average molecular weight is 314 g/mol. The predicted octanol–water partition coefficient (Wildman–Crippen LogP) is 2.48. The summed E-state index contributed by atoms with van der Waals surface area (Å²) in [4.78, 5) is 14.4. The van der Waals surface area contributed by atoms with Crippen LogP contribution in [0.5, 0.6) is 0 Å². The highest BCUT2D eigenvalue weighted by Crippen LogP contribution is 2.39. The Labute approximate surface area is 112 Å². The Bertz CT molecular complexity index is 496. The van der Waals surface area contributed by atoms with E-state index in [9.17, 15) is 10.1 Å². The molecule has 3 heterocycles. The van der Waals surface area contributed by atoms with Gasteiger partial charge in [0.1, 0.15) is 11.9 Å². The molecule has 2 fully saturated rings. The van der Waals surface area contributed by atoms with Crippen LogP contribution >= 0.6 is 15.9 Å². The number of nitro groups is 1. The van der Waals surface area contributed by atoms with Crippen molar-refractivity contribution in [2.24, 2.45) is 0 Å². The fraction of sp³-hybridized carbons (Fsp3) is 0.545. The standard InChI is InChI=1S/C11H12BrN3O3/c12-7-4-13-5-9(15(16)17)11(7)14-8-3-6-1-2-10(8)18-6/h4-6,8,10H,1-3H2,(H,13,14). The number of hydrogen-bond acceptors (Lipinski definition) is 5. The summed E-state index contributed by atoms with van der Waals surface area (Å²) in [7, 11) is 0. The molecule has 1 N–H and O–H groups in total. The van der Waals surface area contributed by atoms with E-state index in [1.54, 1.807) is 6.20 Å². The second kappa shape index (κ2) is 4.47. The molecule has 2 saturated heterocycles. The van der Waals surface area contributed by atoms with E-state index in [0.29, 0.717) is 16.3 Å². The SMILES string of the molecule is O=[N+]([O-])c1cncc(Br)c1NC1CC2CCC1O2. The molecule has 0 saturated carbocycles. The maximum atomic E-state index is 11.0. The number of fused-ring (bicyclic) bond motifs is 2. The first-order chi connectivity index (χ1) is 8.65. The highest BCUT2D eigenvalue weighted by molar-refractivity contribution is 9.10. The minimum atomic E-state index is -0.422. The van der Waals surface area contributed by atoms with E-state index in [1.807, 2.05) is 0 Å². The third kappa shape index (κ3) is 1.97. The van der Waals surface area contributed by atoms with E-state index in [2.05, 4.69) is 26.2 Å². The smallest absolute Gasteiger partial charge is 0.311 e. The zero-order valence-corrected chi connectivity index (χ0v) is 11.1. The summed E-state index contributed by atoms with van der Waals surface area (Å²) in [5, 5.41) is 14.2. The Morgan fingerprint density at radius 2 is 2.33 bits per heavy atom. The number of aromatic nitrogens is 1. The molecule has 1 aromatic rings. The first-order valence-corrected chi connectivity index (χ1v) is 6.64. The molecule has 3 atom stereocenters. The molecule has 96 valence electrons. The Kier molecular flexibility index (Phi) is 2.95. The summed E-state index contributed by atoms with van der Waals surface area (Å²) in [6.07, 6.45) is 6.35. The van der Waals surface area contributed by atoms with Crippen molar-refractivity contribution >= 4 is 27.3 Å². The van der Waals surface area contributed by atoms with E-state index in [0.717, 1.165) is 19.3 Å². The van der Waals surface area contributed by atoms with E-state index < -0.39 is 4.92 Å². The van der Waals surface area contributed by atoms with Gasteiger partial charge in [0, 0.05) is 6.20 Å². The summed E-state index contributed by atoms with van der Waals surface area (Å²) in [5.74, 6) is 0. The zero-order valence-electron chi connectivity index (χ0n) is 9.51. The number of anilines is 1. The second-order valence-corrected chi connectivity index (χ2v) is 5.49. The van der Waals surface area contributed by atoms with Gasteiger partial charge in [-0.1, -0.05) is 0 Å². The summed E-state index contributed by atoms with van der Waals surface area (Å²) in [5.41, 5.74) is 0.489. The van der Waals surface area contributed by atoms with Gasteiger partial charge in [-0.25, -0.2) is 0 Å². The topological polar surface area (TPSA) is 77.3 Å². The Hall–Kier alpha value is -1.21. The molecule has 0 aromatic carbocycles. The van der Waals surface area contributed by atoms with Gasteiger partial charge in [-0.05, 0) is 35.2 Å². The maximum absolute atomic E-state index is 11.0. The van der Waals surface area contributed by atoms with Gasteiger partial charge in [0.05, 0.1) is 27.6 Å². The molecule has 6 nitrogen and oxygen atoms in total. The van der Waals surface area contributed by atoms with Crippen molar-refractivity contribution in [3.8, 4) is 0 Å². The highest BCUT2D eigenvalue weighted by atomic mass is 79.9. The van der Waals surface area contributed by atoms with Gasteiger partial charge in [-0.15, -0.1) is 0 Å². The number of ether oxygens (including phenoxy) is 1. The molecule has 1 aromatic heterocycles. The quantitative estimate of drug-likeness (QED) is 0.685. The van der Waals surface area contributed by atoms with Crippen molar-refractivity contribution in [3.63, 3.8) is 0 Å². The molecule has 18 heavy (non-hydrogen) atoms. The van der Waals surface area contributed by atoms with Crippen LogP contribution in [0, 0.1) is 10.1 Å². The van der Waals surface area contributed by atoms with Crippen molar-refractivity contribution in [1.29, 1.82) is 0 Å². The van der Waals surface area contributed by atoms with Crippen LogP contribution in [0.2, 0.25) is 0 Å². The number of nitrogens with zero attached hydrogens (tertiary/aromatic N) is 2. The molecule has 2 aliphatic rings. The third-order valence-electron chi connectivity index (χ3n) is 3.51. The summed E-state index contributed by atoms with van der Waals surface area (Å²) in [6.45, 7) is 0. The number of nitrogens with one attached hydrogen (secondary N) is 1. The summed E-state index contributed by atoms with van der Waals surface area (Å²) >= 11 is 3.31. The summed E-state index contributed by atoms with van der Waals surface area (Å²) in [6, 6.07) is 0.154. The number of rotatable bonds is 3. The molecule has 0 radical (unpaired) electrons. The third-order valence-corrected chi connectivity index (χ3v) is 4.11. The van der Waals surface area contributed by atoms with Gasteiger partial charge in [-0.2, -0.15) is 0 Å². The highest BCUT2D eigenvalue weighted by Gasteiger charge is 2.41. The molecule has 3 rings (SSSR count). The van der Waals surface area contributed by atoms with Gasteiger partial charge in [-0.3, -0.25) is 15.1 Å². The number of pyridine rings is 1. The van der Waals surface area contributed by atoms with E-state index >= 15 is 0 Å². The van der Waals surface area contributed by atoms with Crippen LogP contribution in [0.4, 0.5) is 11.4 Å². The van der Waals surface area contributed by atoms with Gasteiger partial charge >= 0.3 is 5.69 Å². The molecular formula is C11H12BrN3O3. The van der Waals surface area contributed by atoms with Crippen molar-refractivity contribution in [2.75, 3.05) is 5.32 Å². The molecule has 2 bridgehead atoms. The molecular weight excluding hydrogens is 302 g/mol. The average Bonchev–Trinajstić information content (AvgIpc) is 2.93. The van der Waals surface area contributed by atoms with Gasteiger partial charge in [0.15, 0.2) is 0 Å². The first kappa shape index (κ1) is 11.9. The Morgan fingerprint density at radius 1 is 1.50 bits per heavy atom. The lowest BCUT2D eigenvalue weighted by molar-refractivity contribution is -0.384. The fourth-order valence-electron chi connectivity index (χ4n) is 2.68. The Morgan fingerprint density at radius 3 is 2.94 bits per heavy atom. The lowest BCUT2D eigenvalue weighted by atomic mass is 9.95. The van der Waals surface area contributed by atoms with Crippen LogP contribution in [0.3, 0.4) is 0 Å². The molecule has 0 spiro atoms. The monoisotopic (exact) mass is 313 g/mol. The van der Waals surface area contributed by atoms with Crippen molar-refractivity contribution < 1.29 is 9.66 Å². The molecule has 3 unspecified atom stereocenters. The van der Waals surface area contributed by atoms with Crippen molar-refractivity contribution in [1.82, 2.24) is 4.98 Å². The Balaban J connectivity index is 1.86. The van der Waals surface area contributed by atoms with Gasteiger partial charge in [0.2, 0.25) is 0 Å². The van der Waals surface area contributed by atoms with Crippen LogP contribution in [0.25, 0.3) is 0 Å². The minimum absolute atomic E-state index is 0.00727. The second-order valence-electron chi connectivity index (χ2n) is 4.63. The van der Waals surface area contributed by atoms with Crippen LogP contribution in [-0.4, -0.2) is 28.2 Å². The number of halogens is 1. The fourth-order valence-corrected chi connectivity index (χ4v) is 3.12. The largest absolute Gasteiger partial charge is 0.373 e.